The van der Waals surface area contributed by atoms with Crippen molar-refractivity contribution in [2.75, 3.05) is 0 Å². The van der Waals surface area contributed by atoms with Gasteiger partial charge in [0.05, 0.1) is 22.8 Å². The molecule has 0 unspecified atom stereocenters. The first-order chi connectivity index (χ1) is 16.5. The number of aromatic nitrogens is 4. The molecule has 0 fully saturated rings. The molecule has 34 heavy (non-hydrogen) atoms. The molecule has 0 radical (unpaired) electrons. The minimum atomic E-state index is -0.646. The van der Waals surface area contributed by atoms with E-state index in [-0.39, 0.29) is 11.8 Å². The molecule has 2 aromatic heterocycles. The van der Waals surface area contributed by atoms with E-state index in [1.807, 2.05) is 72.8 Å². The van der Waals surface area contributed by atoms with Crippen LogP contribution in [0.3, 0.4) is 0 Å². The van der Waals surface area contributed by atoms with Crippen molar-refractivity contribution in [1.82, 2.24) is 19.6 Å². The van der Waals surface area contributed by atoms with E-state index in [0.29, 0.717) is 38.9 Å². The van der Waals surface area contributed by atoms with Gasteiger partial charge in [0, 0.05) is 10.9 Å². The van der Waals surface area contributed by atoms with Gasteiger partial charge in [0.25, 0.3) is 0 Å². The second-order valence-corrected chi connectivity index (χ2v) is 8.52. The number of nitrogens with zero attached hydrogens (tertiary/aromatic N) is 4. The second-order valence-electron chi connectivity index (χ2n) is 8.09. The predicted octanol–water partition coefficient (Wildman–Crippen LogP) is 4.66. The Kier molecular flexibility index (Phi) is 5.59. The molecule has 0 aliphatic heterocycles. The normalized spacial score (nSPS) is 11.3. The monoisotopic (exact) mass is 468 g/mol. The summed E-state index contributed by atoms with van der Waals surface area (Å²) in [5, 5.41) is 37.0. The zero-order valence-electron chi connectivity index (χ0n) is 18.6. The molecule has 7 heteroatoms. The first kappa shape index (κ1) is 21.8. The molecule has 0 N–H and O–H groups in total. The van der Waals surface area contributed by atoms with Gasteiger partial charge in [0.15, 0.2) is 0 Å². The van der Waals surface area contributed by atoms with Crippen LogP contribution < -0.4 is 10.2 Å². The lowest BCUT2D eigenvalue weighted by atomic mass is 9.85. The molecule has 6 nitrogen and oxygen atoms in total. The number of para-hydroxylation sites is 2. The van der Waals surface area contributed by atoms with Crippen LogP contribution in [0.15, 0.2) is 84.9 Å². The van der Waals surface area contributed by atoms with Crippen molar-refractivity contribution in [3.8, 4) is 23.1 Å². The highest BCUT2D eigenvalue weighted by atomic mass is 35.5. The van der Waals surface area contributed by atoms with Crippen molar-refractivity contribution in [3.63, 3.8) is 0 Å². The van der Waals surface area contributed by atoms with Crippen LogP contribution in [0.25, 0.3) is 11.4 Å². The van der Waals surface area contributed by atoms with Gasteiger partial charge in [-0.2, -0.15) is 10.2 Å². The van der Waals surface area contributed by atoms with Crippen molar-refractivity contribution in [1.29, 1.82) is 0 Å². The highest BCUT2D eigenvalue weighted by Gasteiger charge is 2.27. The fraction of sp³-hybridized carbons (Fsp3) is 0.111. The van der Waals surface area contributed by atoms with Crippen LogP contribution in [0.5, 0.6) is 11.8 Å². The third kappa shape index (κ3) is 3.72. The zero-order chi connectivity index (χ0) is 23.8. The molecule has 0 atom stereocenters. The predicted molar refractivity (Wildman–Crippen MR) is 128 cm³/mol. The van der Waals surface area contributed by atoms with Gasteiger partial charge in [-0.1, -0.05) is 60.1 Å². The smallest absolute Gasteiger partial charge is 0.0638 e. The molecule has 0 aliphatic rings. The van der Waals surface area contributed by atoms with E-state index in [0.717, 1.165) is 5.56 Å². The van der Waals surface area contributed by atoms with Crippen molar-refractivity contribution in [2.24, 2.45) is 0 Å². The Hall–Kier alpha value is -4.03. The maximum atomic E-state index is 13.7. The molecular formula is C27H21ClN4O2-2. The highest BCUT2D eigenvalue weighted by Crippen LogP contribution is 2.43. The maximum Gasteiger partial charge on any atom is 0.0638 e. The van der Waals surface area contributed by atoms with E-state index in [9.17, 15) is 10.2 Å². The average Bonchev–Trinajstić information content (AvgIpc) is 3.32. The summed E-state index contributed by atoms with van der Waals surface area (Å²) in [6.07, 6.45) is 0. The summed E-state index contributed by atoms with van der Waals surface area (Å²) in [4.78, 5) is 0. The number of hydrogen-bond donors (Lipinski definition) is 0. The van der Waals surface area contributed by atoms with Crippen LogP contribution in [0.2, 0.25) is 5.02 Å². The van der Waals surface area contributed by atoms with E-state index in [1.54, 1.807) is 26.0 Å². The fourth-order valence-electron chi connectivity index (χ4n) is 4.32. The van der Waals surface area contributed by atoms with E-state index in [2.05, 4.69) is 10.2 Å². The van der Waals surface area contributed by atoms with Gasteiger partial charge in [-0.25, -0.2) is 9.36 Å². The number of rotatable bonds is 5. The van der Waals surface area contributed by atoms with Crippen molar-refractivity contribution >= 4 is 11.6 Å². The topological polar surface area (TPSA) is 81.8 Å². The SMILES string of the molecule is Cc1nn(-c2ccccc2)c([O-])c1C(c1ccc(Cl)cc1)c1c(C)nn(-c2ccccc2)c1[O-]. The van der Waals surface area contributed by atoms with Gasteiger partial charge in [-0.15, -0.1) is 0 Å². The van der Waals surface area contributed by atoms with Crippen LogP contribution >= 0.6 is 11.6 Å². The molecule has 0 amide bonds. The van der Waals surface area contributed by atoms with Gasteiger partial charge < -0.3 is 10.2 Å². The van der Waals surface area contributed by atoms with Crippen molar-refractivity contribution < 1.29 is 10.2 Å². The van der Waals surface area contributed by atoms with Gasteiger partial charge in [0.1, 0.15) is 0 Å². The highest BCUT2D eigenvalue weighted by molar-refractivity contribution is 6.30. The maximum absolute atomic E-state index is 13.7. The van der Waals surface area contributed by atoms with E-state index < -0.39 is 5.92 Å². The summed E-state index contributed by atoms with van der Waals surface area (Å²) in [5.74, 6) is -1.18. The van der Waals surface area contributed by atoms with Gasteiger partial charge in [-0.05, 0) is 78.7 Å². The molecule has 170 valence electrons. The molecule has 5 aromatic rings. The summed E-state index contributed by atoms with van der Waals surface area (Å²) in [6, 6.07) is 25.7. The lowest BCUT2D eigenvalue weighted by molar-refractivity contribution is -0.280. The first-order valence-corrected chi connectivity index (χ1v) is 11.2. The van der Waals surface area contributed by atoms with Crippen LogP contribution in [-0.2, 0) is 0 Å². The Morgan fingerprint density at radius 2 is 1.06 bits per heavy atom. The van der Waals surface area contributed by atoms with Gasteiger partial charge in [0.2, 0.25) is 0 Å². The minimum Gasteiger partial charge on any atom is -0.858 e. The third-order valence-corrected chi connectivity index (χ3v) is 6.16. The Morgan fingerprint density at radius 1 is 0.647 bits per heavy atom. The first-order valence-electron chi connectivity index (χ1n) is 10.8. The Balaban J connectivity index is 1.75. The Bertz CT molecular complexity index is 1350. The largest absolute Gasteiger partial charge is 0.858 e. The third-order valence-electron chi connectivity index (χ3n) is 5.91. The molecular weight excluding hydrogens is 448 g/mol. The molecule has 5 rings (SSSR count). The van der Waals surface area contributed by atoms with Crippen LogP contribution in [-0.4, -0.2) is 19.6 Å². The average molecular weight is 469 g/mol. The Labute approximate surface area is 202 Å². The standard InChI is InChI=1S/C27H23ClN4O2/c1-17-23(26(33)31(29-17)21-9-5-3-6-10-21)25(19-13-15-20(28)16-14-19)24-18(2)30-32(27(24)34)22-11-7-4-8-12-22/h3-16,25,33-34H,1-2H3/p-2. The fourth-order valence-corrected chi connectivity index (χ4v) is 4.45. The minimum absolute atomic E-state index is 0.269. The van der Waals surface area contributed by atoms with E-state index in [1.165, 1.54) is 9.36 Å². The lowest BCUT2D eigenvalue weighted by Crippen LogP contribution is -2.12. The summed E-state index contributed by atoms with van der Waals surface area (Å²) in [5.41, 5.74) is 4.09. The Morgan fingerprint density at radius 3 is 1.47 bits per heavy atom. The molecule has 0 aliphatic carbocycles. The zero-order valence-corrected chi connectivity index (χ0v) is 19.4. The number of hydrogen-bond acceptors (Lipinski definition) is 4. The number of halogens is 1. The number of benzene rings is 3. The van der Waals surface area contributed by atoms with Gasteiger partial charge >= 0.3 is 0 Å². The summed E-state index contributed by atoms with van der Waals surface area (Å²) < 4.78 is 2.77. The lowest BCUT2D eigenvalue weighted by Gasteiger charge is -2.25. The molecule has 0 saturated heterocycles. The molecule has 0 saturated carbocycles. The van der Waals surface area contributed by atoms with Crippen LogP contribution in [0, 0.1) is 13.8 Å². The molecule has 0 bridgehead atoms. The summed E-state index contributed by atoms with van der Waals surface area (Å²) in [7, 11) is 0. The molecule has 3 aromatic carbocycles. The summed E-state index contributed by atoms with van der Waals surface area (Å²) in [6.45, 7) is 3.58. The molecule has 2 heterocycles. The van der Waals surface area contributed by atoms with E-state index >= 15 is 0 Å². The quantitative estimate of drug-likeness (QED) is 0.376. The van der Waals surface area contributed by atoms with E-state index in [4.69, 9.17) is 11.6 Å². The van der Waals surface area contributed by atoms with Crippen molar-refractivity contribution in [3.05, 3.63) is 118 Å². The van der Waals surface area contributed by atoms with Gasteiger partial charge in [-0.3, -0.25) is 0 Å². The van der Waals surface area contributed by atoms with Crippen LogP contribution in [0.4, 0.5) is 0 Å². The summed E-state index contributed by atoms with van der Waals surface area (Å²) >= 11 is 6.15. The van der Waals surface area contributed by atoms with Crippen LogP contribution in [0.1, 0.15) is 34.0 Å². The number of aryl methyl sites for hydroxylation is 2. The van der Waals surface area contributed by atoms with Crippen molar-refractivity contribution in [2.45, 2.75) is 19.8 Å². The molecule has 0 spiro atoms. The second kappa shape index (κ2) is 8.72.